The van der Waals surface area contributed by atoms with E-state index >= 15 is 0 Å². The Hall–Kier alpha value is -1.47. The van der Waals surface area contributed by atoms with Gasteiger partial charge in [0.05, 0.1) is 26.4 Å². The Morgan fingerprint density at radius 1 is 0.864 bits per heavy atom. The van der Waals surface area contributed by atoms with Gasteiger partial charge in [0.1, 0.15) is 0 Å². The van der Waals surface area contributed by atoms with Crippen molar-refractivity contribution in [1.29, 1.82) is 0 Å². The van der Waals surface area contributed by atoms with Crippen molar-refractivity contribution in [2.45, 2.75) is 13.8 Å². The molecule has 6 heteroatoms. The van der Waals surface area contributed by atoms with Crippen LogP contribution in [0.2, 0.25) is 0 Å². The van der Waals surface area contributed by atoms with E-state index in [-0.39, 0.29) is 25.8 Å². The zero-order chi connectivity index (χ0) is 17.1. The average molecular weight is 315 g/mol. The molecule has 1 aromatic rings. The van der Waals surface area contributed by atoms with Crippen LogP contribution >= 0.6 is 0 Å². The lowest BCUT2D eigenvalue weighted by molar-refractivity contribution is -0.140. The average Bonchev–Trinajstić information content (AvgIpc) is 2.51. The second kappa shape index (κ2) is 19.5. The number of aliphatic hydroxyl groups excluding tert-OH is 3. The van der Waals surface area contributed by atoms with Gasteiger partial charge in [0.15, 0.2) is 0 Å². The van der Waals surface area contributed by atoms with E-state index in [0.717, 1.165) is 0 Å². The van der Waals surface area contributed by atoms with E-state index < -0.39 is 0 Å². The predicted octanol–water partition coefficient (Wildman–Crippen LogP) is 0.521. The highest BCUT2D eigenvalue weighted by atomic mass is 16.5. The lowest BCUT2D eigenvalue weighted by Gasteiger charge is -2.17. The number of ether oxygens (including phenoxy) is 1. The summed E-state index contributed by atoms with van der Waals surface area (Å²) < 4.78 is 4.40. The molecule has 128 valence electrons. The molecule has 0 aliphatic heterocycles. The van der Waals surface area contributed by atoms with Crippen LogP contribution in [0.1, 0.15) is 13.8 Å². The maximum absolute atomic E-state index is 9.82. The number of rotatable bonds is 7. The number of hydrogen-bond donors (Lipinski definition) is 3. The van der Waals surface area contributed by atoms with Gasteiger partial charge in [0.25, 0.3) is 0 Å². The fourth-order valence-corrected chi connectivity index (χ4v) is 1.35. The molecule has 6 nitrogen and oxygen atoms in total. The third-order valence-electron chi connectivity index (χ3n) is 2.26. The third kappa shape index (κ3) is 20.8. The smallest absolute Gasteiger partial charge is 0.302 e. The fraction of sp³-hybridized carbons (Fsp3) is 0.562. The number of hydrogen-bond acceptors (Lipinski definition) is 6. The first-order chi connectivity index (χ1) is 10.6. The summed E-state index contributed by atoms with van der Waals surface area (Å²) in [7, 11) is 0. The van der Waals surface area contributed by atoms with Gasteiger partial charge in [-0.25, -0.2) is 0 Å². The molecule has 0 saturated carbocycles. The molecular weight excluding hydrogens is 286 g/mol. The molecule has 0 fully saturated rings. The number of aliphatic hydroxyl groups is 3. The van der Waals surface area contributed by atoms with Crippen molar-refractivity contribution in [3.63, 3.8) is 0 Å². The van der Waals surface area contributed by atoms with Crippen LogP contribution in [0.15, 0.2) is 36.4 Å². The highest BCUT2D eigenvalue weighted by Crippen LogP contribution is 1.84. The van der Waals surface area contributed by atoms with Crippen LogP contribution in [0.5, 0.6) is 0 Å². The van der Waals surface area contributed by atoms with Crippen molar-refractivity contribution in [3.05, 3.63) is 36.4 Å². The van der Waals surface area contributed by atoms with Gasteiger partial charge < -0.3 is 20.1 Å². The molecule has 0 heterocycles. The van der Waals surface area contributed by atoms with Crippen LogP contribution in [-0.4, -0.2) is 72.3 Å². The predicted molar refractivity (Wildman–Crippen MR) is 86.4 cm³/mol. The summed E-state index contributed by atoms with van der Waals surface area (Å²) in [6.07, 6.45) is 0. The van der Waals surface area contributed by atoms with Crippen LogP contribution in [0.25, 0.3) is 0 Å². The maximum Gasteiger partial charge on any atom is 0.302 e. The molecule has 0 unspecified atom stereocenters. The monoisotopic (exact) mass is 315 g/mol. The molecule has 0 bridgehead atoms. The molecule has 0 aliphatic carbocycles. The van der Waals surface area contributed by atoms with E-state index in [1.807, 2.05) is 36.4 Å². The van der Waals surface area contributed by atoms with Crippen molar-refractivity contribution in [3.8, 4) is 0 Å². The number of esters is 1. The van der Waals surface area contributed by atoms with E-state index in [2.05, 4.69) is 4.74 Å². The van der Waals surface area contributed by atoms with E-state index in [9.17, 15) is 4.79 Å². The zero-order valence-electron chi connectivity index (χ0n) is 13.5. The second-order valence-electron chi connectivity index (χ2n) is 4.09. The standard InChI is InChI=1S/C6H15NO3.C6H6.C4H8O2/c8-4-1-7(2-5-9)3-6-10;1-2-4-6-5-3-1;1-3-6-4(2)5/h8-10H,1-6H2;1-6H;3H2,1-2H3. The largest absolute Gasteiger partial charge is 0.466 e. The number of carbonyl (C=O) groups is 1. The van der Waals surface area contributed by atoms with Crippen LogP contribution in [0.3, 0.4) is 0 Å². The number of carbonyl (C=O) groups excluding carboxylic acids is 1. The minimum Gasteiger partial charge on any atom is -0.466 e. The Balaban J connectivity index is 0. The summed E-state index contributed by atoms with van der Waals surface area (Å²) in [5.41, 5.74) is 0. The summed E-state index contributed by atoms with van der Waals surface area (Å²) in [5, 5.41) is 25.5. The Labute approximate surface area is 133 Å². The van der Waals surface area contributed by atoms with Crippen molar-refractivity contribution in [2.75, 3.05) is 46.1 Å². The molecular formula is C16H29NO5. The lowest BCUT2D eigenvalue weighted by atomic mass is 10.4. The quantitative estimate of drug-likeness (QED) is 0.636. The highest BCUT2D eigenvalue weighted by Gasteiger charge is 2.00. The minimum atomic E-state index is -0.211. The van der Waals surface area contributed by atoms with Gasteiger partial charge in [-0.3, -0.25) is 9.69 Å². The third-order valence-corrected chi connectivity index (χ3v) is 2.26. The SMILES string of the molecule is CCOC(C)=O.OCCN(CCO)CCO.c1ccccc1. The molecule has 22 heavy (non-hydrogen) atoms. The summed E-state index contributed by atoms with van der Waals surface area (Å²) in [6, 6.07) is 12.0. The Morgan fingerprint density at radius 2 is 1.18 bits per heavy atom. The Morgan fingerprint density at radius 3 is 1.32 bits per heavy atom. The normalized spacial score (nSPS) is 9.18. The fourth-order valence-electron chi connectivity index (χ4n) is 1.35. The van der Waals surface area contributed by atoms with Crippen LogP contribution in [0, 0.1) is 0 Å². The van der Waals surface area contributed by atoms with Crippen molar-refractivity contribution in [1.82, 2.24) is 4.90 Å². The topological polar surface area (TPSA) is 90.2 Å². The molecule has 3 N–H and O–H groups in total. The van der Waals surface area contributed by atoms with Gasteiger partial charge in [0.2, 0.25) is 0 Å². The molecule has 1 aromatic carbocycles. The molecule has 0 atom stereocenters. The van der Waals surface area contributed by atoms with Gasteiger partial charge in [-0.2, -0.15) is 0 Å². The molecule has 0 aliphatic rings. The van der Waals surface area contributed by atoms with Gasteiger partial charge in [0, 0.05) is 26.6 Å². The van der Waals surface area contributed by atoms with Gasteiger partial charge in [-0.15, -0.1) is 0 Å². The second-order valence-corrected chi connectivity index (χ2v) is 4.09. The number of nitrogens with zero attached hydrogens (tertiary/aromatic N) is 1. The highest BCUT2D eigenvalue weighted by molar-refractivity contribution is 5.65. The van der Waals surface area contributed by atoms with Gasteiger partial charge in [-0.05, 0) is 6.92 Å². The van der Waals surface area contributed by atoms with Crippen molar-refractivity contribution >= 4 is 5.97 Å². The molecule has 0 spiro atoms. The van der Waals surface area contributed by atoms with Gasteiger partial charge >= 0.3 is 5.97 Å². The molecule has 0 saturated heterocycles. The maximum atomic E-state index is 9.82. The van der Waals surface area contributed by atoms with Crippen molar-refractivity contribution in [2.24, 2.45) is 0 Å². The van der Waals surface area contributed by atoms with Crippen LogP contribution in [0.4, 0.5) is 0 Å². The molecule has 1 rings (SSSR count). The zero-order valence-corrected chi connectivity index (χ0v) is 13.5. The Bertz CT molecular complexity index is 281. The van der Waals surface area contributed by atoms with Gasteiger partial charge in [-0.1, -0.05) is 36.4 Å². The summed E-state index contributed by atoms with van der Waals surface area (Å²) in [6.45, 7) is 5.41. The summed E-state index contributed by atoms with van der Waals surface area (Å²) in [4.78, 5) is 11.6. The summed E-state index contributed by atoms with van der Waals surface area (Å²) >= 11 is 0. The lowest BCUT2D eigenvalue weighted by Crippen LogP contribution is -2.32. The minimum absolute atomic E-state index is 0.0694. The van der Waals surface area contributed by atoms with Crippen LogP contribution in [-0.2, 0) is 9.53 Å². The number of benzene rings is 1. The van der Waals surface area contributed by atoms with Crippen molar-refractivity contribution < 1.29 is 24.9 Å². The van der Waals surface area contributed by atoms with E-state index in [0.29, 0.717) is 26.2 Å². The molecule has 0 amide bonds. The first-order valence-electron chi connectivity index (χ1n) is 7.30. The molecule has 0 aromatic heterocycles. The Kier molecular flexibility index (Phi) is 20.2. The van der Waals surface area contributed by atoms with E-state index in [1.165, 1.54) is 6.92 Å². The van der Waals surface area contributed by atoms with E-state index in [4.69, 9.17) is 15.3 Å². The molecule has 0 radical (unpaired) electrons. The summed E-state index contributed by atoms with van der Waals surface area (Å²) in [5.74, 6) is -0.211. The van der Waals surface area contributed by atoms with Crippen LogP contribution < -0.4 is 0 Å². The first kappa shape index (κ1) is 22.8. The first-order valence-corrected chi connectivity index (χ1v) is 7.30. The van der Waals surface area contributed by atoms with E-state index in [1.54, 1.807) is 11.8 Å².